The van der Waals surface area contributed by atoms with E-state index in [0.29, 0.717) is 5.56 Å². The molecule has 0 amide bonds. The Balaban J connectivity index is 1.81. The molecular weight excluding hydrogens is 248 g/mol. The van der Waals surface area contributed by atoms with Gasteiger partial charge in [-0.1, -0.05) is 18.2 Å². The average Bonchev–Trinajstić information content (AvgIpc) is 2.92. The highest BCUT2D eigenvalue weighted by molar-refractivity contribution is 5.77. The third kappa shape index (κ3) is 2.36. The number of nitrogens with one attached hydrogen (secondary N) is 1. The van der Waals surface area contributed by atoms with E-state index in [1.54, 1.807) is 12.1 Å². The maximum Gasteiger partial charge on any atom is 0.134 e. The van der Waals surface area contributed by atoms with Crippen LogP contribution in [0.3, 0.4) is 0 Å². The lowest BCUT2D eigenvalue weighted by Gasteiger charge is -2.12. The van der Waals surface area contributed by atoms with Gasteiger partial charge in [0.05, 0.1) is 17.7 Å². The molecule has 20 heavy (non-hydrogen) atoms. The normalized spacial score (nSPS) is 12.0. The van der Waals surface area contributed by atoms with Crippen molar-refractivity contribution in [3.8, 4) is 6.07 Å². The second-order valence-corrected chi connectivity index (χ2v) is 4.74. The molecule has 1 N–H and O–H groups in total. The molecule has 0 bridgehead atoms. The molecule has 1 atom stereocenters. The van der Waals surface area contributed by atoms with E-state index in [-0.39, 0.29) is 6.04 Å². The minimum Gasteiger partial charge on any atom is -0.459 e. The number of benzene rings is 2. The fourth-order valence-corrected chi connectivity index (χ4v) is 2.18. The molecular formula is C17H14N2O. The molecule has 0 spiro atoms. The van der Waals surface area contributed by atoms with Gasteiger partial charge in [0.25, 0.3) is 0 Å². The lowest BCUT2D eigenvalue weighted by atomic mass is 10.2. The summed E-state index contributed by atoms with van der Waals surface area (Å²) in [5, 5.41) is 13.3. The molecule has 3 rings (SSSR count). The minimum absolute atomic E-state index is 0.0651. The van der Waals surface area contributed by atoms with Gasteiger partial charge in [-0.2, -0.15) is 5.26 Å². The van der Waals surface area contributed by atoms with Gasteiger partial charge in [-0.25, -0.2) is 0 Å². The van der Waals surface area contributed by atoms with Gasteiger partial charge in [0.2, 0.25) is 0 Å². The smallest absolute Gasteiger partial charge is 0.134 e. The number of anilines is 1. The minimum atomic E-state index is 0.0651. The van der Waals surface area contributed by atoms with Crippen LogP contribution < -0.4 is 5.32 Å². The van der Waals surface area contributed by atoms with Crippen molar-refractivity contribution >= 4 is 16.7 Å². The summed E-state index contributed by atoms with van der Waals surface area (Å²) < 4.78 is 5.83. The van der Waals surface area contributed by atoms with E-state index in [9.17, 15) is 0 Å². The standard InChI is InChI=1S/C17H14N2O/c1-12(19-15-8-6-13(11-18)7-9-15)17-10-14-4-2-3-5-16(14)20-17/h2-10,12,19H,1H3. The molecule has 0 radical (unpaired) electrons. The van der Waals surface area contributed by atoms with Gasteiger partial charge in [-0.05, 0) is 43.3 Å². The number of nitrogens with zero attached hydrogens (tertiary/aromatic N) is 1. The topological polar surface area (TPSA) is 49.0 Å². The van der Waals surface area contributed by atoms with E-state index in [4.69, 9.17) is 9.68 Å². The fourth-order valence-electron chi connectivity index (χ4n) is 2.18. The quantitative estimate of drug-likeness (QED) is 0.757. The van der Waals surface area contributed by atoms with Crippen molar-refractivity contribution in [2.45, 2.75) is 13.0 Å². The molecule has 0 aliphatic rings. The zero-order chi connectivity index (χ0) is 13.9. The van der Waals surface area contributed by atoms with E-state index in [1.165, 1.54) is 0 Å². The van der Waals surface area contributed by atoms with Crippen molar-refractivity contribution in [1.82, 2.24) is 0 Å². The number of nitriles is 1. The molecule has 0 saturated carbocycles. The first-order valence-corrected chi connectivity index (χ1v) is 6.51. The van der Waals surface area contributed by atoms with Gasteiger partial charge in [0.1, 0.15) is 11.3 Å². The molecule has 3 heteroatoms. The molecule has 1 unspecified atom stereocenters. The molecule has 1 aromatic heterocycles. The van der Waals surface area contributed by atoms with Crippen LogP contribution in [-0.4, -0.2) is 0 Å². The Morgan fingerprint density at radius 2 is 1.85 bits per heavy atom. The van der Waals surface area contributed by atoms with Crippen LogP contribution in [0, 0.1) is 11.3 Å². The van der Waals surface area contributed by atoms with Crippen LogP contribution in [0.15, 0.2) is 59.0 Å². The average molecular weight is 262 g/mol. The van der Waals surface area contributed by atoms with Gasteiger partial charge < -0.3 is 9.73 Å². The Bertz CT molecular complexity index is 733. The SMILES string of the molecule is CC(Nc1ccc(C#N)cc1)c1cc2ccccc2o1. The number of furan rings is 1. The Kier molecular flexibility index (Phi) is 3.14. The highest BCUT2D eigenvalue weighted by Gasteiger charge is 2.11. The van der Waals surface area contributed by atoms with Crippen LogP contribution in [0.5, 0.6) is 0 Å². The number of fused-ring (bicyclic) bond motifs is 1. The van der Waals surface area contributed by atoms with Crippen molar-refractivity contribution in [2.75, 3.05) is 5.32 Å². The third-order valence-corrected chi connectivity index (χ3v) is 3.27. The Morgan fingerprint density at radius 3 is 2.55 bits per heavy atom. The number of rotatable bonds is 3. The van der Waals surface area contributed by atoms with Crippen LogP contribution in [0.2, 0.25) is 0 Å². The summed E-state index contributed by atoms with van der Waals surface area (Å²) in [6, 6.07) is 19.6. The van der Waals surface area contributed by atoms with E-state index in [1.807, 2.05) is 36.4 Å². The highest BCUT2D eigenvalue weighted by Crippen LogP contribution is 2.26. The Morgan fingerprint density at radius 1 is 1.10 bits per heavy atom. The maximum absolute atomic E-state index is 8.78. The number of hydrogen-bond donors (Lipinski definition) is 1. The molecule has 3 aromatic rings. The van der Waals surface area contributed by atoms with Crippen molar-refractivity contribution in [1.29, 1.82) is 5.26 Å². The van der Waals surface area contributed by atoms with Crippen molar-refractivity contribution in [3.05, 3.63) is 65.9 Å². The van der Waals surface area contributed by atoms with E-state index in [2.05, 4.69) is 24.4 Å². The lowest BCUT2D eigenvalue weighted by molar-refractivity contribution is 0.526. The predicted octanol–water partition coefficient (Wildman–Crippen LogP) is 4.48. The van der Waals surface area contributed by atoms with Gasteiger partial charge >= 0.3 is 0 Å². The monoisotopic (exact) mass is 262 g/mol. The van der Waals surface area contributed by atoms with Crippen molar-refractivity contribution in [2.24, 2.45) is 0 Å². The molecule has 0 aliphatic carbocycles. The molecule has 0 aliphatic heterocycles. The van der Waals surface area contributed by atoms with Crippen LogP contribution in [-0.2, 0) is 0 Å². The largest absolute Gasteiger partial charge is 0.459 e. The number of para-hydroxylation sites is 1. The van der Waals surface area contributed by atoms with Crippen LogP contribution >= 0.6 is 0 Å². The van der Waals surface area contributed by atoms with Crippen molar-refractivity contribution in [3.63, 3.8) is 0 Å². The zero-order valence-corrected chi connectivity index (χ0v) is 11.1. The van der Waals surface area contributed by atoms with E-state index in [0.717, 1.165) is 22.4 Å². The third-order valence-electron chi connectivity index (χ3n) is 3.27. The summed E-state index contributed by atoms with van der Waals surface area (Å²) in [6.07, 6.45) is 0. The van der Waals surface area contributed by atoms with Crippen LogP contribution in [0.25, 0.3) is 11.0 Å². The second kappa shape index (κ2) is 5.10. The summed E-state index contributed by atoms with van der Waals surface area (Å²) in [6.45, 7) is 2.05. The number of hydrogen-bond acceptors (Lipinski definition) is 3. The molecule has 2 aromatic carbocycles. The second-order valence-electron chi connectivity index (χ2n) is 4.74. The summed E-state index contributed by atoms with van der Waals surface area (Å²) in [7, 11) is 0. The van der Waals surface area contributed by atoms with E-state index < -0.39 is 0 Å². The fraction of sp³-hybridized carbons (Fsp3) is 0.118. The molecule has 3 nitrogen and oxygen atoms in total. The first kappa shape index (κ1) is 12.3. The van der Waals surface area contributed by atoms with E-state index >= 15 is 0 Å². The zero-order valence-electron chi connectivity index (χ0n) is 11.1. The first-order chi connectivity index (χ1) is 9.76. The molecule has 1 heterocycles. The molecule has 98 valence electrons. The van der Waals surface area contributed by atoms with Crippen LogP contribution in [0.4, 0.5) is 5.69 Å². The maximum atomic E-state index is 8.78. The Labute approximate surface area is 117 Å². The summed E-state index contributed by atoms with van der Waals surface area (Å²) >= 11 is 0. The van der Waals surface area contributed by atoms with Crippen LogP contribution in [0.1, 0.15) is 24.3 Å². The van der Waals surface area contributed by atoms with Gasteiger partial charge in [-0.3, -0.25) is 0 Å². The molecule has 0 saturated heterocycles. The Hall–Kier alpha value is -2.73. The van der Waals surface area contributed by atoms with Crippen molar-refractivity contribution < 1.29 is 4.42 Å². The summed E-state index contributed by atoms with van der Waals surface area (Å²) in [5.74, 6) is 0.899. The van der Waals surface area contributed by atoms with Gasteiger partial charge in [-0.15, -0.1) is 0 Å². The van der Waals surface area contributed by atoms with Gasteiger partial charge in [0, 0.05) is 11.1 Å². The summed E-state index contributed by atoms with van der Waals surface area (Å²) in [4.78, 5) is 0. The highest BCUT2D eigenvalue weighted by atomic mass is 16.3. The first-order valence-electron chi connectivity index (χ1n) is 6.51. The summed E-state index contributed by atoms with van der Waals surface area (Å²) in [5.41, 5.74) is 2.53. The lowest BCUT2D eigenvalue weighted by Crippen LogP contribution is -2.05. The van der Waals surface area contributed by atoms with Gasteiger partial charge in [0.15, 0.2) is 0 Å². The predicted molar refractivity (Wildman–Crippen MR) is 79.4 cm³/mol. The molecule has 0 fully saturated rings.